The Bertz CT molecular complexity index is 138. The summed E-state index contributed by atoms with van der Waals surface area (Å²) in [4.78, 5) is 2.33. The van der Waals surface area contributed by atoms with Gasteiger partial charge in [0.25, 0.3) is 0 Å². The van der Waals surface area contributed by atoms with E-state index in [1.54, 1.807) is 0 Å². The highest BCUT2D eigenvalue weighted by Crippen LogP contribution is 2.25. The number of rotatable bonds is 9. The van der Waals surface area contributed by atoms with Crippen molar-refractivity contribution in [2.24, 2.45) is 11.1 Å². The van der Waals surface area contributed by atoms with Crippen LogP contribution in [0.1, 0.15) is 33.6 Å². The van der Waals surface area contributed by atoms with E-state index in [1.807, 2.05) is 6.92 Å². The molecule has 92 valence electrons. The molecule has 0 saturated heterocycles. The van der Waals surface area contributed by atoms with E-state index in [0.717, 1.165) is 45.7 Å². The van der Waals surface area contributed by atoms with Gasteiger partial charge in [0.15, 0.2) is 0 Å². The first-order chi connectivity index (χ1) is 7.14. The molecule has 3 nitrogen and oxygen atoms in total. The molecule has 0 bridgehead atoms. The second kappa shape index (κ2) is 8.08. The summed E-state index contributed by atoms with van der Waals surface area (Å²) in [5.74, 6) is 0. The van der Waals surface area contributed by atoms with Crippen LogP contribution in [0.15, 0.2) is 0 Å². The van der Waals surface area contributed by atoms with Crippen LogP contribution in [0.25, 0.3) is 0 Å². The summed E-state index contributed by atoms with van der Waals surface area (Å²) < 4.78 is 5.35. The molecule has 0 saturated carbocycles. The maximum atomic E-state index is 5.87. The van der Waals surface area contributed by atoms with Gasteiger partial charge in [0.05, 0.1) is 6.61 Å². The molecule has 0 heterocycles. The lowest BCUT2D eigenvalue weighted by Crippen LogP contribution is -2.41. The van der Waals surface area contributed by atoms with Gasteiger partial charge in [-0.2, -0.15) is 0 Å². The molecule has 0 unspecified atom stereocenters. The topological polar surface area (TPSA) is 38.5 Å². The van der Waals surface area contributed by atoms with Gasteiger partial charge < -0.3 is 15.4 Å². The van der Waals surface area contributed by atoms with Gasteiger partial charge >= 0.3 is 0 Å². The third kappa shape index (κ3) is 5.50. The van der Waals surface area contributed by atoms with Gasteiger partial charge in [0, 0.05) is 19.7 Å². The lowest BCUT2D eigenvalue weighted by Gasteiger charge is -2.34. The summed E-state index contributed by atoms with van der Waals surface area (Å²) in [6, 6.07) is 0. The van der Waals surface area contributed by atoms with Crippen molar-refractivity contribution in [2.45, 2.75) is 33.6 Å². The molecule has 0 fully saturated rings. The second-order valence-electron chi connectivity index (χ2n) is 4.35. The quantitative estimate of drug-likeness (QED) is 0.596. The SMILES string of the molecule is CCOCCN(C)CC(CC)(CC)CN. The molecule has 2 N–H and O–H groups in total. The molecule has 0 radical (unpaired) electrons. The van der Waals surface area contributed by atoms with Crippen molar-refractivity contribution in [1.82, 2.24) is 4.90 Å². The Morgan fingerprint density at radius 2 is 1.80 bits per heavy atom. The molecular formula is C12H28N2O. The molecule has 15 heavy (non-hydrogen) atoms. The van der Waals surface area contributed by atoms with E-state index in [-0.39, 0.29) is 0 Å². The lowest BCUT2D eigenvalue weighted by molar-refractivity contribution is 0.0982. The van der Waals surface area contributed by atoms with E-state index in [2.05, 4.69) is 25.8 Å². The van der Waals surface area contributed by atoms with Crippen LogP contribution in [0.4, 0.5) is 0 Å². The Balaban J connectivity index is 3.94. The lowest BCUT2D eigenvalue weighted by atomic mass is 9.82. The van der Waals surface area contributed by atoms with Crippen molar-refractivity contribution in [1.29, 1.82) is 0 Å². The van der Waals surface area contributed by atoms with Crippen molar-refractivity contribution < 1.29 is 4.74 Å². The molecule has 0 aliphatic heterocycles. The second-order valence-corrected chi connectivity index (χ2v) is 4.35. The van der Waals surface area contributed by atoms with Crippen LogP contribution in [0, 0.1) is 5.41 Å². The predicted molar refractivity (Wildman–Crippen MR) is 66.1 cm³/mol. The third-order valence-electron chi connectivity index (χ3n) is 3.36. The van der Waals surface area contributed by atoms with Gasteiger partial charge in [-0.25, -0.2) is 0 Å². The molecule has 3 heteroatoms. The maximum Gasteiger partial charge on any atom is 0.0593 e. The zero-order valence-corrected chi connectivity index (χ0v) is 10.9. The van der Waals surface area contributed by atoms with E-state index in [1.165, 1.54) is 0 Å². The highest BCUT2D eigenvalue weighted by Gasteiger charge is 2.25. The van der Waals surface area contributed by atoms with E-state index < -0.39 is 0 Å². The van der Waals surface area contributed by atoms with Crippen LogP contribution < -0.4 is 5.73 Å². The minimum atomic E-state index is 0.293. The summed E-state index contributed by atoms with van der Waals surface area (Å²) >= 11 is 0. The van der Waals surface area contributed by atoms with Crippen LogP contribution in [0.3, 0.4) is 0 Å². The molecular weight excluding hydrogens is 188 g/mol. The minimum absolute atomic E-state index is 0.293. The Morgan fingerprint density at radius 3 is 2.20 bits per heavy atom. The van der Waals surface area contributed by atoms with Crippen LogP contribution in [-0.2, 0) is 4.74 Å². The van der Waals surface area contributed by atoms with Gasteiger partial charge in [0.1, 0.15) is 0 Å². The van der Waals surface area contributed by atoms with E-state index >= 15 is 0 Å². The van der Waals surface area contributed by atoms with Crippen LogP contribution in [-0.4, -0.2) is 44.8 Å². The number of nitrogens with two attached hydrogens (primary N) is 1. The number of ether oxygens (including phenoxy) is 1. The predicted octanol–water partition coefficient (Wildman–Crippen LogP) is 1.72. The summed E-state index contributed by atoms with van der Waals surface area (Å²) in [5, 5.41) is 0. The summed E-state index contributed by atoms with van der Waals surface area (Å²) in [7, 11) is 2.15. The van der Waals surface area contributed by atoms with Crippen LogP contribution in [0.5, 0.6) is 0 Å². The fraction of sp³-hybridized carbons (Fsp3) is 1.00. The maximum absolute atomic E-state index is 5.87. The van der Waals surface area contributed by atoms with Crippen molar-refractivity contribution in [3.8, 4) is 0 Å². The van der Waals surface area contributed by atoms with Crippen molar-refractivity contribution >= 4 is 0 Å². The van der Waals surface area contributed by atoms with Gasteiger partial charge in [-0.3, -0.25) is 0 Å². The first kappa shape index (κ1) is 14.9. The van der Waals surface area contributed by atoms with E-state index in [4.69, 9.17) is 10.5 Å². The van der Waals surface area contributed by atoms with Gasteiger partial charge in [-0.05, 0) is 38.8 Å². The number of nitrogens with zero attached hydrogens (tertiary/aromatic N) is 1. The fourth-order valence-electron chi connectivity index (χ4n) is 1.84. The molecule has 0 aliphatic carbocycles. The molecule has 0 atom stereocenters. The van der Waals surface area contributed by atoms with Crippen LogP contribution in [0.2, 0.25) is 0 Å². The van der Waals surface area contributed by atoms with E-state index in [9.17, 15) is 0 Å². The molecule has 0 amide bonds. The van der Waals surface area contributed by atoms with Crippen molar-refractivity contribution in [2.75, 3.05) is 39.9 Å². The fourth-order valence-corrected chi connectivity index (χ4v) is 1.84. The zero-order valence-electron chi connectivity index (χ0n) is 10.9. The average Bonchev–Trinajstić information content (AvgIpc) is 2.26. The standard InChI is InChI=1S/C12H28N2O/c1-5-12(6-2,10-13)11-14(4)8-9-15-7-3/h5-11,13H2,1-4H3. The van der Waals surface area contributed by atoms with Crippen LogP contribution >= 0.6 is 0 Å². The smallest absolute Gasteiger partial charge is 0.0593 e. The van der Waals surface area contributed by atoms with E-state index in [0.29, 0.717) is 5.41 Å². The summed E-state index contributed by atoms with van der Waals surface area (Å²) in [6.07, 6.45) is 2.30. The highest BCUT2D eigenvalue weighted by molar-refractivity contribution is 4.80. The Morgan fingerprint density at radius 1 is 1.20 bits per heavy atom. The third-order valence-corrected chi connectivity index (χ3v) is 3.36. The first-order valence-electron chi connectivity index (χ1n) is 6.10. The highest BCUT2D eigenvalue weighted by atomic mass is 16.5. The largest absolute Gasteiger partial charge is 0.380 e. The molecule has 0 rings (SSSR count). The number of hydrogen-bond acceptors (Lipinski definition) is 3. The Hall–Kier alpha value is -0.120. The molecule has 0 aromatic rings. The Labute approximate surface area is 95.0 Å². The molecule has 0 spiro atoms. The molecule has 0 aliphatic rings. The normalized spacial score (nSPS) is 12.4. The molecule has 0 aromatic carbocycles. The Kier molecular flexibility index (Phi) is 8.02. The van der Waals surface area contributed by atoms with Crippen molar-refractivity contribution in [3.05, 3.63) is 0 Å². The number of hydrogen-bond donors (Lipinski definition) is 1. The monoisotopic (exact) mass is 216 g/mol. The summed E-state index contributed by atoms with van der Waals surface area (Å²) in [5.41, 5.74) is 6.17. The zero-order chi connectivity index (χ0) is 11.7. The number of likely N-dealkylation sites (N-methyl/N-ethyl adjacent to an activating group) is 1. The van der Waals surface area contributed by atoms with Gasteiger partial charge in [-0.15, -0.1) is 0 Å². The average molecular weight is 216 g/mol. The van der Waals surface area contributed by atoms with Crippen molar-refractivity contribution in [3.63, 3.8) is 0 Å². The van der Waals surface area contributed by atoms with Gasteiger partial charge in [-0.1, -0.05) is 13.8 Å². The minimum Gasteiger partial charge on any atom is -0.380 e. The summed E-state index contributed by atoms with van der Waals surface area (Å²) in [6.45, 7) is 11.0. The molecule has 0 aromatic heterocycles. The first-order valence-corrected chi connectivity index (χ1v) is 6.10. The van der Waals surface area contributed by atoms with Gasteiger partial charge in [0.2, 0.25) is 0 Å².